The molecule has 0 bridgehead atoms. The standard InChI is InChI=1S/C9H10N4O3S/c10-12-11-8-6-13(17(14,15)16)9(8)7-4-2-1-3-5-7/h1-5,8-9H,6H2,(H,14,15,16)/t8-,9+/m1/s1. The average molecular weight is 254 g/mol. The van der Waals surface area contributed by atoms with Crippen LogP contribution in [0.4, 0.5) is 0 Å². The zero-order valence-corrected chi connectivity index (χ0v) is 9.53. The molecule has 1 aliphatic heterocycles. The van der Waals surface area contributed by atoms with Crippen LogP contribution in [-0.4, -0.2) is 29.9 Å². The number of hydrogen-bond acceptors (Lipinski definition) is 3. The Hall–Kier alpha value is -1.60. The molecule has 0 unspecified atom stereocenters. The number of rotatable bonds is 3. The summed E-state index contributed by atoms with van der Waals surface area (Å²) in [6, 6.07) is 7.64. The van der Waals surface area contributed by atoms with Crippen LogP contribution >= 0.6 is 0 Å². The average Bonchev–Trinajstić information content (AvgIpc) is 2.23. The van der Waals surface area contributed by atoms with Gasteiger partial charge in [0.05, 0.1) is 12.1 Å². The van der Waals surface area contributed by atoms with Gasteiger partial charge in [0, 0.05) is 11.5 Å². The van der Waals surface area contributed by atoms with Crippen molar-refractivity contribution in [3.63, 3.8) is 0 Å². The topological polar surface area (TPSA) is 106 Å². The van der Waals surface area contributed by atoms with E-state index < -0.39 is 22.4 Å². The molecule has 0 aromatic heterocycles. The van der Waals surface area contributed by atoms with Crippen molar-refractivity contribution in [1.82, 2.24) is 4.31 Å². The number of azide groups is 1. The summed E-state index contributed by atoms with van der Waals surface area (Å²) in [4.78, 5) is 2.67. The van der Waals surface area contributed by atoms with Crippen LogP contribution in [-0.2, 0) is 10.3 Å². The molecule has 1 aromatic rings. The summed E-state index contributed by atoms with van der Waals surface area (Å²) in [5, 5.41) is 3.51. The molecule has 0 spiro atoms. The molecule has 8 heteroatoms. The Morgan fingerprint density at radius 3 is 2.59 bits per heavy atom. The SMILES string of the molecule is [N-]=[N+]=N[C@@H]1CN(S(=O)(=O)O)[C@H]1c1ccccc1. The smallest absolute Gasteiger partial charge is 0.273 e. The van der Waals surface area contributed by atoms with Crippen molar-refractivity contribution in [3.05, 3.63) is 46.3 Å². The number of nitrogens with zero attached hydrogens (tertiary/aromatic N) is 4. The highest BCUT2D eigenvalue weighted by molar-refractivity contribution is 7.83. The van der Waals surface area contributed by atoms with Gasteiger partial charge in [-0.3, -0.25) is 4.55 Å². The van der Waals surface area contributed by atoms with Gasteiger partial charge >= 0.3 is 10.3 Å². The molecule has 0 aliphatic carbocycles. The molecule has 1 N–H and O–H groups in total. The summed E-state index contributed by atoms with van der Waals surface area (Å²) in [5.41, 5.74) is 9.07. The summed E-state index contributed by atoms with van der Waals surface area (Å²) >= 11 is 0. The Morgan fingerprint density at radius 1 is 1.41 bits per heavy atom. The van der Waals surface area contributed by atoms with Crippen molar-refractivity contribution in [3.8, 4) is 0 Å². The second kappa shape index (κ2) is 4.34. The fourth-order valence-corrected chi connectivity index (χ4v) is 2.78. The second-order valence-corrected chi connectivity index (χ2v) is 5.04. The zero-order valence-electron chi connectivity index (χ0n) is 8.71. The summed E-state index contributed by atoms with van der Waals surface area (Å²) in [7, 11) is -4.26. The van der Waals surface area contributed by atoms with E-state index in [2.05, 4.69) is 10.0 Å². The van der Waals surface area contributed by atoms with E-state index >= 15 is 0 Å². The van der Waals surface area contributed by atoms with E-state index in [1.165, 1.54) is 0 Å². The van der Waals surface area contributed by atoms with Crippen molar-refractivity contribution in [2.45, 2.75) is 12.1 Å². The molecule has 1 fully saturated rings. The Labute approximate surface area is 98.2 Å². The van der Waals surface area contributed by atoms with Crippen molar-refractivity contribution in [1.29, 1.82) is 0 Å². The van der Waals surface area contributed by atoms with Gasteiger partial charge < -0.3 is 0 Å². The van der Waals surface area contributed by atoms with E-state index in [1.807, 2.05) is 0 Å². The maximum atomic E-state index is 11.1. The van der Waals surface area contributed by atoms with Crippen molar-refractivity contribution < 1.29 is 13.0 Å². The number of hydrogen-bond donors (Lipinski definition) is 1. The van der Waals surface area contributed by atoms with E-state index in [4.69, 9.17) is 10.1 Å². The maximum absolute atomic E-state index is 11.1. The normalized spacial score (nSPS) is 24.8. The highest BCUT2D eigenvalue weighted by Crippen LogP contribution is 2.37. The molecule has 1 heterocycles. The van der Waals surface area contributed by atoms with Gasteiger partial charge in [0.25, 0.3) is 0 Å². The third-order valence-corrected chi connectivity index (χ3v) is 3.65. The lowest BCUT2D eigenvalue weighted by molar-refractivity contribution is 0.147. The van der Waals surface area contributed by atoms with Crippen LogP contribution in [0.3, 0.4) is 0 Å². The highest BCUT2D eigenvalue weighted by Gasteiger charge is 2.45. The van der Waals surface area contributed by atoms with E-state index in [0.29, 0.717) is 5.56 Å². The van der Waals surface area contributed by atoms with Crippen LogP contribution < -0.4 is 0 Å². The summed E-state index contributed by atoms with van der Waals surface area (Å²) < 4.78 is 32.1. The Morgan fingerprint density at radius 2 is 2.06 bits per heavy atom. The van der Waals surface area contributed by atoms with Crippen LogP contribution in [0.15, 0.2) is 35.4 Å². The number of benzene rings is 1. The predicted molar refractivity (Wildman–Crippen MR) is 60.4 cm³/mol. The van der Waals surface area contributed by atoms with Gasteiger partial charge in [0.2, 0.25) is 0 Å². The first-order valence-electron chi connectivity index (χ1n) is 4.87. The van der Waals surface area contributed by atoms with Crippen LogP contribution in [0.2, 0.25) is 0 Å². The van der Waals surface area contributed by atoms with E-state index in [0.717, 1.165) is 4.31 Å². The largest absolute Gasteiger partial charge is 0.336 e. The monoisotopic (exact) mass is 254 g/mol. The Balaban J connectivity index is 2.34. The summed E-state index contributed by atoms with van der Waals surface area (Å²) in [5.74, 6) is 0. The third-order valence-electron chi connectivity index (χ3n) is 2.68. The van der Waals surface area contributed by atoms with E-state index in [1.54, 1.807) is 30.3 Å². The molecule has 7 nitrogen and oxygen atoms in total. The first kappa shape index (κ1) is 11.9. The minimum atomic E-state index is -4.26. The first-order chi connectivity index (χ1) is 8.04. The van der Waals surface area contributed by atoms with Gasteiger partial charge in [0.15, 0.2) is 0 Å². The highest BCUT2D eigenvalue weighted by atomic mass is 32.2. The maximum Gasteiger partial charge on any atom is 0.336 e. The zero-order chi connectivity index (χ0) is 12.5. The lowest BCUT2D eigenvalue weighted by Crippen LogP contribution is -2.54. The van der Waals surface area contributed by atoms with Crippen LogP contribution in [0.5, 0.6) is 0 Å². The molecule has 1 aliphatic rings. The Kier molecular flexibility index (Phi) is 3.03. The fourth-order valence-electron chi connectivity index (χ4n) is 1.89. The van der Waals surface area contributed by atoms with Crippen molar-refractivity contribution in [2.75, 3.05) is 6.54 Å². The summed E-state index contributed by atoms with van der Waals surface area (Å²) in [6.07, 6.45) is 0. The van der Waals surface area contributed by atoms with Crippen LogP contribution in [0.25, 0.3) is 10.4 Å². The predicted octanol–water partition coefficient (Wildman–Crippen LogP) is 1.53. The van der Waals surface area contributed by atoms with Gasteiger partial charge in [-0.25, -0.2) is 0 Å². The van der Waals surface area contributed by atoms with Gasteiger partial charge in [-0.05, 0) is 11.1 Å². The molecule has 90 valence electrons. The minimum Gasteiger partial charge on any atom is -0.273 e. The van der Waals surface area contributed by atoms with Gasteiger partial charge in [-0.2, -0.15) is 12.7 Å². The molecule has 1 aromatic carbocycles. The molecule has 2 rings (SSSR count). The molecular weight excluding hydrogens is 244 g/mol. The van der Waals surface area contributed by atoms with E-state index in [9.17, 15) is 8.42 Å². The van der Waals surface area contributed by atoms with Gasteiger partial charge in [-0.1, -0.05) is 35.4 Å². The molecule has 0 radical (unpaired) electrons. The lowest BCUT2D eigenvalue weighted by atomic mass is 9.93. The molecular formula is C9H10N4O3S. The van der Waals surface area contributed by atoms with Gasteiger partial charge in [0.1, 0.15) is 0 Å². The van der Waals surface area contributed by atoms with Crippen molar-refractivity contribution >= 4 is 10.3 Å². The first-order valence-corrected chi connectivity index (χ1v) is 6.27. The molecule has 1 saturated heterocycles. The molecule has 2 atom stereocenters. The third kappa shape index (κ3) is 2.25. The van der Waals surface area contributed by atoms with Gasteiger partial charge in [-0.15, -0.1) is 0 Å². The Bertz CT molecular complexity index is 553. The molecule has 0 amide bonds. The quantitative estimate of drug-likeness (QED) is 0.382. The van der Waals surface area contributed by atoms with Crippen molar-refractivity contribution in [2.24, 2.45) is 5.11 Å². The summed E-state index contributed by atoms with van der Waals surface area (Å²) in [6.45, 7) is 0.00243. The van der Waals surface area contributed by atoms with Crippen LogP contribution in [0.1, 0.15) is 11.6 Å². The van der Waals surface area contributed by atoms with Crippen LogP contribution in [0, 0.1) is 0 Å². The lowest BCUT2D eigenvalue weighted by Gasteiger charge is -2.43. The molecule has 17 heavy (non-hydrogen) atoms. The second-order valence-electron chi connectivity index (χ2n) is 3.68. The fraction of sp³-hybridized carbons (Fsp3) is 0.333. The van der Waals surface area contributed by atoms with E-state index in [-0.39, 0.29) is 6.54 Å². The minimum absolute atomic E-state index is 0.00243. The molecule has 0 saturated carbocycles.